The van der Waals surface area contributed by atoms with Crippen molar-refractivity contribution >= 4 is 23.6 Å². The number of amides is 1. The van der Waals surface area contributed by atoms with Crippen molar-refractivity contribution in [1.29, 1.82) is 0 Å². The number of phenolic OH excluding ortho intramolecular Hbond substituents is 1. The van der Waals surface area contributed by atoms with Gasteiger partial charge in [-0.05, 0) is 16.4 Å². The Kier molecular flexibility index (Phi) is 3.74. The fourth-order valence-corrected chi connectivity index (χ4v) is 1.37. The number of benzene rings is 1. The molecule has 108 valence electrons. The van der Waals surface area contributed by atoms with Gasteiger partial charge in [0, 0.05) is 11.6 Å². The molecule has 0 radical (unpaired) electrons. The molecule has 0 fully saturated rings. The molecule has 1 amide bonds. The number of rotatable bonds is 4. The highest BCUT2D eigenvalue weighted by molar-refractivity contribution is 5.96. The number of aromatic nitrogens is 2. The summed E-state index contributed by atoms with van der Waals surface area (Å²) >= 11 is 0. The number of carbonyl (C=O) groups excluding carboxylic acids is 1. The number of aromatic hydroxyl groups is 1. The van der Waals surface area contributed by atoms with Crippen molar-refractivity contribution in [2.24, 2.45) is 5.10 Å². The third kappa shape index (κ3) is 2.91. The molecule has 0 bridgehead atoms. The number of nitro groups is 1. The molecular weight excluding hydrogens is 284 g/mol. The summed E-state index contributed by atoms with van der Waals surface area (Å²) < 4.78 is 4.24. The summed E-state index contributed by atoms with van der Waals surface area (Å²) in [6, 6.07) is 3.87. The highest BCUT2D eigenvalue weighted by Gasteiger charge is 2.16. The number of anilines is 1. The largest absolute Gasteiger partial charge is 0.502 e. The number of phenols is 1. The smallest absolute Gasteiger partial charge is 0.311 e. The molecule has 0 aliphatic rings. The van der Waals surface area contributed by atoms with Crippen LogP contribution in [0.15, 0.2) is 27.9 Å². The Morgan fingerprint density at radius 1 is 1.52 bits per heavy atom. The predicted octanol–water partition coefficient (Wildman–Crippen LogP) is 0.0295. The van der Waals surface area contributed by atoms with E-state index in [4.69, 9.17) is 5.73 Å². The molecule has 1 aromatic heterocycles. The van der Waals surface area contributed by atoms with E-state index < -0.39 is 22.3 Å². The maximum Gasteiger partial charge on any atom is 0.311 e. The van der Waals surface area contributed by atoms with E-state index >= 15 is 0 Å². The maximum absolute atomic E-state index is 11.5. The van der Waals surface area contributed by atoms with Crippen molar-refractivity contribution in [2.75, 3.05) is 5.73 Å². The Labute approximate surface area is 116 Å². The van der Waals surface area contributed by atoms with E-state index in [1.807, 2.05) is 0 Å². The van der Waals surface area contributed by atoms with Crippen LogP contribution in [0.2, 0.25) is 0 Å². The van der Waals surface area contributed by atoms with Crippen LogP contribution >= 0.6 is 0 Å². The highest BCUT2D eigenvalue weighted by Crippen LogP contribution is 2.27. The first-order valence-electron chi connectivity index (χ1n) is 5.38. The van der Waals surface area contributed by atoms with Gasteiger partial charge in [-0.25, -0.2) is 10.1 Å². The van der Waals surface area contributed by atoms with E-state index in [-0.39, 0.29) is 17.1 Å². The monoisotopic (exact) mass is 292 g/mol. The van der Waals surface area contributed by atoms with E-state index in [0.717, 1.165) is 12.3 Å². The second kappa shape index (κ2) is 5.64. The molecule has 0 saturated carbocycles. The first-order chi connectivity index (χ1) is 10.0. The van der Waals surface area contributed by atoms with Crippen LogP contribution in [-0.2, 0) is 0 Å². The number of para-hydroxylation sites is 1. The number of hydrogen-bond donors (Lipinski definition) is 3. The lowest BCUT2D eigenvalue weighted by atomic mass is 10.2. The molecule has 2 rings (SSSR count). The van der Waals surface area contributed by atoms with Gasteiger partial charge >= 0.3 is 5.69 Å². The van der Waals surface area contributed by atoms with E-state index in [1.165, 1.54) is 12.1 Å². The zero-order valence-electron chi connectivity index (χ0n) is 10.3. The van der Waals surface area contributed by atoms with Gasteiger partial charge in [-0.15, -0.1) is 0 Å². The number of nitrogen functional groups attached to an aromatic ring is 1. The summed E-state index contributed by atoms with van der Waals surface area (Å²) in [5.41, 5.74) is 6.68. The van der Waals surface area contributed by atoms with Crippen LogP contribution in [0, 0.1) is 10.1 Å². The molecule has 1 heterocycles. The SMILES string of the molecule is Nc1nonc1C(=O)NN=Cc1cccc([N+](=O)[O-])c1O. The lowest BCUT2D eigenvalue weighted by Crippen LogP contribution is -2.19. The van der Waals surface area contributed by atoms with Gasteiger partial charge in [0.25, 0.3) is 5.91 Å². The molecule has 0 aliphatic carbocycles. The number of nitrogens with one attached hydrogen (secondary N) is 1. The number of hydrazone groups is 1. The van der Waals surface area contributed by atoms with Crippen molar-refractivity contribution in [1.82, 2.24) is 15.7 Å². The molecule has 11 heteroatoms. The Balaban J connectivity index is 2.12. The van der Waals surface area contributed by atoms with Crippen LogP contribution in [0.25, 0.3) is 0 Å². The molecule has 0 saturated heterocycles. The molecule has 4 N–H and O–H groups in total. The minimum atomic E-state index is -0.782. The number of carbonyl (C=O) groups is 1. The van der Waals surface area contributed by atoms with E-state index in [0.29, 0.717) is 0 Å². The van der Waals surface area contributed by atoms with E-state index in [9.17, 15) is 20.0 Å². The fraction of sp³-hybridized carbons (Fsp3) is 0. The third-order valence-electron chi connectivity index (χ3n) is 2.34. The molecule has 1 aromatic carbocycles. The standard InChI is InChI=1S/C10H8N6O5/c11-9-7(14-21-15-9)10(18)13-12-4-5-2-1-3-6(8(5)17)16(19)20/h1-4,17H,(H2,11,15)(H,13,18). The number of nitro benzene ring substituents is 1. The van der Waals surface area contributed by atoms with Crippen molar-refractivity contribution in [3.05, 3.63) is 39.6 Å². The number of hydrogen-bond acceptors (Lipinski definition) is 9. The van der Waals surface area contributed by atoms with Crippen LogP contribution < -0.4 is 11.2 Å². The minimum absolute atomic E-state index is 0.0516. The number of nitrogens with two attached hydrogens (primary N) is 1. The van der Waals surface area contributed by atoms with Gasteiger partial charge in [-0.3, -0.25) is 14.9 Å². The zero-order valence-corrected chi connectivity index (χ0v) is 10.3. The zero-order chi connectivity index (χ0) is 15.4. The van der Waals surface area contributed by atoms with Gasteiger partial charge in [0.1, 0.15) is 0 Å². The van der Waals surface area contributed by atoms with E-state index in [2.05, 4.69) is 25.5 Å². The van der Waals surface area contributed by atoms with Crippen molar-refractivity contribution in [2.45, 2.75) is 0 Å². The van der Waals surface area contributed by atoms with Crippen molar-refractivity contribution < 1.29 is 19.5 Å². The van der Waals surface area contributed by atoms with Crippen LogP contribution in [-0.4, -0.2) is 32.5 Å². The average Bonchev–Trinajstić information content (AvgIpc) is 2.86. The molecule has 0 spiro atoms. The molecule has 0 aliphatic heterocycles. The molecular formula is C10H8N6O5. The summed E-state index contributed by atoms with van der Waals surface area (Å²) in [6.45, 7) is 0. The molecule has 0 unspecified atom stereocenters. The van der Waals surface area contributed by atoms with Crippen LogP contribution in [0.5, 0.6) is 5.75 Å². The van der Waals surface area contributed by atoms with Gasteiger partial charge in [0.15, 0.2) is 0 Å². The first-order valence-corrected chi connectivity index (χ1v) is 5.38. The van der Waals surface area contributed by atoms with Gasteiger partial charge in [0.05, 0.1) is 11.1 Å². The second-order valence-corrected chi connectivity index (χ2v) is 3.67. The van der Waals surface area contributed by atoms with Crippen LogP contribution in [0.4, 0.5) is 11.5 Å². The van der Waals surface area contributed by atoms with Gasteiger partial charge in [-0.2, -0.15) is 5.10 Å². The molecule has 11 nitrogen and oxygen atoms in total. The molecule has 2 aromatic rings. The Morgan fingerprint density at radius 2 is 2.29 bits per heavy atom. The van der Waals surface area contributed by atoms with E-state index in [1.54, 1.807) is 0 Å². The lowest BCUT2D eigenvalue weighted by molar-refractivity contribution is -0.385. The van der Waals surface area contributed by atoms with Crippen molar-refractivity contribution in [3.63, 3.8) is 0 Å². The van der Waals surface area contributed by atoms with Crippen LogP contribution in [0.3, 0.4) is 0 Å². The summed E-state index contributed by atoms with van der Waals surface area (Å²) in [4.78, 5) is 21.4. The summed E-state index contributed by atoms with van der Waals surface area (Å²) in [7, 11) is 0. The normalized spacial score (nSPS) is 10.7. The Morgan fingerprint density at radius 3 is 2.90 bits per heavy atom. The predicted molar refractivity (Wildman–Crippen MR) is 68.5 cm³/mol. The van der Waals surface area contributed by atoms with Gasteiger partial charge < -0.3 is 10.8 Å². The average molecular weight is 292 g/mol. The summed E-state index contributed by atoms with van der Waals surface area (Å²) in [5.74, 6) is -1.56. The maximum atomic E-state index is 11.5. The van der Waals surface area contributed by atoms with Crippen LogP contribution in [0.1, 0.15) is 16.1 Å². The fourth-order valence-electron chi connectivity index (χ4n) is 1.37. The highest BCUT2D eigenvalue weighted by atomic mass is 16.6. The minimum Gasteiger partial charge on any atom is -0.502 e. The van der Waals surface area contributed by atoms with Crippen molar-refractivity contribution in [3.8, 4) is 5.75 Å². The Bertz CT molecular complexity index is 724. The topological polar surface area (TPSA) is 170 Å². The summed E-state index contributed by atoms with van der Waals surface area (Å²) in [5, 5.41) is 30.3. The number of nitrogens with zero attached hydrogens (tertiary/aromatic N) is 4. The lowest BCUT2D eigenvalue weighted by Gasteiger charge is -1.99. The first kappa shape index (κ1) is 13.9. The molecule has 21 heavy (non-hydrogen) atoms. The quantitative estimate of drug-likeness (QED) is 0.402. The van der Waals surface area contributed by atoms with Gasteiger partial charge in [-0.1, -0.05) is 6.07 Å². The van der Waals surface area contributed by atoms with Gasteiger partial charge in [0.2, 0.25) is 17.3 Å². The third-order valence-corrected chi connectivity index (χ3v) is 2.34. The Hall–Kier alpha value is -3.50. The second-order valence-electron chi connectivity index (χ2n) is 3.67. The molecule has 0 atom stereocenters. The summed E-state index contributed by atoms with van der Waals surface area (Å²) in [6.07, 6.45) is 1.03.